The van der Waals surface area contributed by atoms with Crippen LogP contribution in [0.3, 0.4) is 0 Å². The molecule has 1 atom stereocenters. The standard InChI is InChI=1S/C49H60N8O8S/c1-31(2)38-7-5-6-8-39(38)42-30-64-22-21-56(42)36-26-49(27-36)16-19-55(20-17-49)35-9-10-40(44(24-35)65-43-23-34-13-18-50-45(34)53-32(43)3)47(58)54-66(62,63)37-25-41(57(60)61)46(52-29-37)51-28-33-11-14-48(4,59)15-12-33/h5-10,13,18,23-25,29,31,33,36,42,59H,11-12,14-17,19-22,26-28,30H2,1-4H3,(H,50,53)(H,51,52)(H,54,58)/t33-,42-,48-/m0/s1. The minimum atomic E-state index is -4.64. The summed E-state index contributed by atoms with van der Waals surface area (Å²) in [5, 5.41) is 26.3. The van der Waals surface area contributed by atoms with Crippen LogP contribution in [-0.2, 0) is 14.8 Å². The normalized spacial score (nSPS) is 22.6. The molecule has 1 spiro atoms. The minimum absolute atomic E-state index is 0.0440. The molecule has 1 amide bonds. The monoisotopic (exact) mass is 920 g/mol. The van der Waals surface area contributed by atoms with E-state index in [0.717, 1.165) is 88.1 Å². The zero-order chi connectivity index (χ0) is 46.4. The Morgan fingerprint density at radius 1 is 1.05 bits per heavy atom. The first kappa shape index (κ1) is 45.5. The highest BCUT2D eigenvalue weighted by Crippen LogP contribution is 2.53. The van der Waals surface area contributed by atoms with Gasteiger partial charge in [0.15, 0.2) is 0 Å². The number of piperidine rings is 1. The average Bonchev–Trinajstić information content (AvgIpc) is 3.74. The fraction of sp³-hybridized carbons (Fsp3) is 0.490. The number of aromatic nitrogens is 3. The number of ether oxygens (including phenoxy) is 2. The van der Waals surface area contributed by atoms with Gasteiger partial charge in [0.2, 0.25) is 5.82 Å². The Morgan fingerprint density at radius 3 is 2.55 bits per heavy atom. The van der Waals surface area contributed by atoms with Crippen molar-refractivity contribution in [1.82, 2.24) is 24.6 Å². The number of pyridine rings is 2. The fourth-order valence-electron chi connectivity index (χ4n) is 10.6. The maximum Gasteiger partial charge on any atom is 0.312 e. The maximum atomic E-state index is 14.1. The number of aryl methyl sites for hydroxylation is 1. The van der Waals surface area contributed by atoms with Gasteiger partial charge in [0.1, 0.15) is 22.0 Å². The molecule has 2 saturated heterocycles. The van der Waals surface area contributed by atoms with E-state index in [2.05, 4.69) is 72.9 Å². The lowest BCUT2D eigenvalue weighted by Gasteiger charge is -2.57. The van der Waals surface area contributed by atoms with E-state index in [1.54, 1.807) is 38.2 Å². The van der Waals surface area contributed by atoms with Gasteiger partial charge >= 0.3 is 5.69 Å². The van der Waals surface area contributed by atoms with Gasteiger partial charge in [-0.2, -0.15) is 0 Å². The fourth-order valence-corrected chi connectivity index (χ4v) is 11.5. The van der Waals surface area contributed by atoms with Crippen molar-refractivity contribution in [2.24, 2.45) is 11.3 Å². The summed E-state index contributed by atoms with van der Waals surface area (Å²) in [6, 6.07) is 19.2. The van der Waals surface area contributed by atoms with Crippen LogP contribution in [0.4, 0.5) is 17.2 Å². The van der Waals surface area contributed by atoms with Crippen LogP contribution in [0.15, 0.2) is 78.0 Å². The summed E-state index contributed by atoms with van der Waals surface area (Å²) < 4.78 is 42.2. The topological polar surface area (TPSA) is 205 Å². The van der Waals surface area contributed by atoms with Crippen LogP contribution in [0.2, 0.25) is 0 Å². The molecule has 0 bridgehead atoms. The van der Waals surface area contributed by atoms with Crippen molar-refractivity contribution in [2.75, 3.05) is 49.6 Å². The first-order valence-corrected chi connectivity index (χ1v) is 24.7. The van der Waals surface area contributed by atoms with Crippen LogP contribution in [0.25, 0.3) is 11.0 Å². The highest BCUT2D eigenvalue weighted by molar-refractivity contribution is 7.90. The van der Waals surface area contributed by atoms with E-state index in [4.69, 9.17) is 9.47 Å². The quantitative estimate of drug-likeness (QED) is 0.0648. The number of morpholine rings is 1. The lowest BCUT2D eigenvalue weighted by molar-refractivity contribution is -0.384. The van der Waals surface area contributed by atoms with Crippen LogP contribution in [0, 0.1) is 28.4 Å². The average molecular weight is 921 g/mol. The summed E-state index contributed by atoms with van der Waals surface area (Å²) in [5.74, 6) is 0.0773. The van der Waals surface area contributed by atoms with Gasteiger partial charge in [-0.3, -0.25) is 19.8 Å². The molecule has 17 heteroatoms. The number of amides is 1. The molecular weight excluding hydrogens is 861 g/mol. The number of benzene rings is 2. The molecule has 350 valence electrons. The molecule has 2 aromatic carbocycles. The van der Waals surface area contributed by atoms with Crippen LogP contribution < -0.4 is 19.7 Å². The molecule has 0 radical (unpaired) electrons. The van der Waals surface area contributed by atoms with Gasteiger partial charge in [-0.05, 0) is 118 Å². The van der Waals surface area contributed by atoms with E-state index >= 15 is 0 Å². The lowest BCUT2D eigenvalue weighted by Crippen LogP contribution is -2.58. The molecule has 4 N–H and O–H groups in total. The highest BCUT2D eigenvalue weighted by Gasteiger charge is 2.50. The van der Waals surface area contributed by atoms with Gasteiger partial charge in [0.05, 0.1) is 47.2 Å². The van der Waals surface area contributed by atoms with Crippen molar-refractivity contribution in [3.05, 3.63) is 106 Å². The number of nitrogens with one attached hydrogen (secondary N) is 3. The summed E-state index contributed by atoms with van der Waals surface area (Å²) in [6.45, 7) is 12.5. The summed E-state index contributed by atoms with van der Waals surface area (Å²) in [5.41, 5.74) is 3.78. The number of aliphatic hydroxyl groups is 1. The van der Waals surface area contributed by atoms with Crippen molar-refractivity contribution in [1.29, 1.82) is 0 Å². The predicted octanol–water partition coefficient (Wildman–Crippen LogP) is 8.38. The van der Waals surface area contributed by atoms with Gasteiger partial charge in [-0.25, -0.2) is 23.1 Å². The molecule has 2 saturated carbocycles. The second-order valence-corrected chi connectivity index (χ2v) is 21.2. The Balaban J connectivity index is 0.910. The Bertz CT molecular complexity index is 2710. The molecule has 4 fully saturated rings. The van der Waals surface area contributed by atoms with Gasteiger partial charge in [0.25, 0.3) is 15.9 Å². The number of carbonyl (C=O) groups is 1. The SMILES string of the molecule is Cc1nc2[nH]ccc2cc1Oc1cc(N2CCC3(CC2)CC(N2CCOC[C@H]2c2ccccc2C(C)C)C3)ccc1C(=O)NS(=O)(=O)c1cnc(NC[C@H]2CC[C@](C)(O)CC2)c([N+](=O)[O-])c1. The van der Waals surface area contributed by atoms with E-state index < -0.39 is 37.0 Å². The van der Waals surface area contributed by atoms with Gasteiger partial charge < -0.3 is 29.8 Å². The zero-order valence-electron chi connectivity index (χ0n) is 38.1. The highest BCUT2D eigenvalue weighted by atomic mass is 32.2. The lowest BCUT2D eigenvalue weighted by atomic mass is 9.59. The molecule has 5 heterocycles. The van der Waals surface area contributed by atoms with Crippen molar-refractivity contribution in [3.63, 3.8) is 0 Å². The first-order chi connectivity index (χ1) is 31.6. The number of hydrogen-bond acceptors (Lipinski definition) is 13. The molecule has 0 unspecified atom stereocenters. The molecule has 4 aliphatic rings. The second kappa shape index (κ2) is 18.2. The molecule has 3 aromatic heterocycles. The van der Waals surface area contributed by atoms with Crippen molar-refractivity contribution in [3.8, 4) is 11.5 Å². The molecular formula is C49H60N8O8S. The second-order valence-electron chi connectivity index (χ2n) is 19.5. The number of sulfonamides is 1. The van der Waals surface area contributed by atoms with Crippen LogP contribution in [0.1, 0.15) is 111 Å². The van der Waals surface area contributed by atoms with E-state index in [1.165, 1.54) is 11.1 Å². The van der Waals surface area contributed by atoms with E-state index in [0.29, 0.717) is 55.0 Å². The van der Waals surface area contributed by atoms with Crippen LogP contribution >= 0.6 is 0 Å². The number of H-pyrrole nitrogens is 1. The minimum Gasteiger partial charge on any atom is -0.455 e. The Kier molecular flexibility index (Phi) is 12.6. The maximum absolute atomic E-state index is 14.1. The number of nitrogens with zero attached hydrogens (tertiary/aromatic N) is 5. The third-order valence-electron chi connectivity index (χ3n) is 14.6. The largest absolute Gasteiger partial charge is 0.455 e. The molecule has 2 aliphatic heterocycles. The van der Waals surface area contributed by atoms with Crippen LogP contribution in [0.5, 0.6) is 11.5 Å². The number of nitro groups is 1. The van der Waals surface area contributed by atoms with Crippen molar-refractivity contribution in [2.45, 2.75) is 108 Å². The summed E-state index contributed by atoms with van der Waals surface area (Å²) in [4.78, 5) is 41.8. The van der Waals surface area contributed by atoms with Gasteiger partial charge in [0, 0.05) is 61.6 Å². The van der Waals surface area contributed by atoms with E-state index in [9.17, 15) is 28.4 Å². The smallest absolute Gasteiger partial charge is 0.312 e. The number of fused-ring (bicyclic) bond motifs is 1. The van der Waals surface area contributed by atoms with E-state index in [1.807, 2.05) is 12.1 Å². The Morgan fingerprint density at radius 2 is 1.80 bits per heavy atom. The number of aromatic amines is 1. The Labute approximate surface area is 385 Å². The molecule has 9 rings (SSSR count). The first-order valence-electron chi connectivity index (χ1n) is 23.2. The molecule has 66 heavy (non-hydrogen) atoms. The number of rotatable bonds is 13. The summed E-state index contributed by atoms with van der Waals surface area (Å²) >= 11 is 0. The van der Waals surface area contributed by atoms with Gasteiger partial charge in [-0.15, -0.1) is 0 Å². The summed E-state index contributed by atoms with van der Waals surface area (Å²) in [7, 11) is -4.64. The number of hydrogen-bond donors (Lipinski definition) is 4. The van der Waals surface area contributed by atoms with E-state index in [-0.39, 0.29) is 34.5 Å². The third-order valence-corrected chi connectivity index (χ3v) is 15.9. The van der Waals surface area contributed by atoms with Crippen molar-refractivity contribution >= 4 is 44.2 Å². The Hall–Kier alpha value is -5.62. The van der Waals surface area contributed by atoms with Crippen LogP contribution in [-0.4, -0.2) is 95.2 Å². The number of anilines is 2. The molecule has 16 nitrogen and oxygen atoms in total. The third kappa shape index (κ3) is 9.48. The number of carbonyl (C=O) groups excluding carboxylic acids is 1. The van der Waals surface area contributed by atoms with Gasteiger partial charge in [-0.1, -0.05) is 38.1 Å². The predicted molar refractivity (Wildman–Crippen MR) is 252 cm³/mol. The molecule has 5 aromatic rings. The zero-order valence-corrected chi connectivity index (χ0v) is 38.9. The summed E-state index contributed by atoms with van der Waals surface area (Å²) in [6.07, 6.45) is 9.79. The van der Waals surface area contributed by atoms with Crippen molar-refractivity contribution < 1.29 is 32.7 Å². The molecule has 2 aliphatic carbocycles.